The number of carbonyl (C=O) groups excluding carboxylic acids is 1. The number of nitrogens with zero attached hydrogens (tertiary/aromatic N) is 3. The molecule has 33 heavy (non-hydrogen) atoms. The number of carbonyl (C=O) groups is 1. The largest absolute Gasteiger partial charge is 0.416 e. The van der Waals surface area contributed by atoms with Crippen LogP contribution in [-0.2, 0) is 16.2 Å². The van der Waals surface area contributed by atoms with Crippen LogP contribution in [0.3, 0.4) is 0 Å². The Bertz CT molecular complexity index is 1300. The number of nitrogen functional groups attached to an aromatic ring is 1. The molecule has 178 valence electrons. The van der Waals surface area contributed by atoms with Gasteiger partial charge in [0.1, 0.15) is 0 Å². The fourth-order valence-electron chi connectivity index (χ4n) is 3.60. The number of alkyl halides is 3. The van der Waals surface area contributed by atoms with Crippen molar-refractivity contribution in [2.24, 2.45) is 5.73 Å². The van der Waals surface area contributed by atoms with Gasteiger partial charge in [0.05, 0.1) is 24.1 Å². The maximum Gasteiger partial charge on any atom is 0.416 e. The molecule has 1 aliphatic heterocycles. The molecular weight excluding hydrogens is 463 g/mol. The van der Waals surface area contributed by atoms with Crippen LogP contribution in [0.25, 0.3) is 5.70 Å². The highest BCUT2D eigenvalue weighted by Gasteiger charge is 2.32. The standard InChI is InChI=1S/C20H22F3N5O4S/c1-11(12-6-13(20(21,22)23)8-14(24)7-12)16-9-17(29)28(26-18(16)19(25)30)15-4-3-5-27(10-15)33(2,31)32/h4,6-9,11H,3,5,10,24H2,1-2H3,(H2,25,30). The van der Waals surface area contributed by atoms with Crippen LogP contribution in [-0.4, -0.2) is 47.8 Å². The van der Waals surface area contributed by atoms with Crippen molar-refractivity contribution < 1.29 is 26.4 Å². The third-order valence-electron chi connectivity index (χ3n) is 5.30. The summed E-state index contributed by atoms with van der Waals surface area (Å²) in [6.45, 7) is 1.59. The summed E-state index contributed by atoms with van der Waals surface area (Å²) in [4.78, 5) is 25.0. The maximum absolute atomic E-state index is 13.2. The molecule has 1 unspecified atom stereocenters. The zero-order valence-electron chi connectivity index (χ0n) is 17.8. The molecule has 13 heteroatoms. The van der Waals surface area contributed by atoms with Gasteiger partial charge in [-0.15, -0.1) is 0 Å². The Morgan fingerprint density at radius 3 is 2.45 bits per heavy atom. The molecule has 0 saturated carbocycles. The molecule has 0 fully saturated rings. The molecule has 0 bridgehead atoms. The van der Waals surface area contributed by atoms with E-state index in [4.69, 9.17) is 11.5 Å². The second-order valence-corrected chi connectivity index (χ2v) is 9.73. The average molecular weight is 485 g/mol. The number of nitrogens with two attached hydrogens (primary N) is 2. The first-order valence-corrected chi connectivity index (χ1v) is 11.6. The summed E-state index contributed by atoms with van der Waals surface area (Å²) in [6.07, 6.45) is -1.66. The van der Waals surface area contributed by atoms with Crippen LogP contribution in [0.5, 0.6) is 0 Å². The van der Waals surface area contributed by atoms with Crippen LogP contribution in [0.1, 0.15) is 46.4 Å². The lowest BCUT2D eigenvalue weighted by atomic mass is 9.90. The van der Waals surface area contributed by atoms with Crippen LogP contribution < -0.4 is 17.0 Å². The van der Waals surface area contributed by atoms with E-state index in [1.54, 1.807) is 6.08 Å². The first kappa shape index (κ1) is 24.5. The van der Waals surface area contributed by atoms with E-state index < -0.39 is 39.1 Å². The molecule has 0 saturated heterocycles. The van der Waals surface area contributed by atoms with E-state index in [0.717, 1.165) is 33.4 Å². The molecule has 1 atom stereocenters. The normalized spacial score (nSPS) is 16.3. The highest BCUT2D eigenvalue weighted by Crippen LogP contribution is 2.35. The fraction of sp³-hybridized carbons (Fsp3) is 0.350. The number of amides is 1. The molecule has 2 aromatic rings. The minimum Gasteiger partial charge on any atom is -0.399 e. The van der Waals surface area contributed by atoms with Crippen molar-refractivity contribution in [2.75, 3.05) is 25.1 Å². The van der Waals surface area contributed by atoms with Gasteiger partial charge in [-0.2, -0.15) is 27.3 Å². The molecular formula is C20H22F3N5O4S. The quantitative estimate of drug-likeness (QED) is 0.616. The average Bonchev–Trinajstić information content (AvgIpc) is 2.71. The smallest absolute Gasteiger partial charge is 0.399 e. The van der Waals surface area contributed by atoms with Gasteiger partial charge in [-0.25, -0.2) is 8.42 Å². The highest BCUT2D eigenvalue weighted by molar-refractivity contribution is 7.88. The third kappa shape index (κ3) is 5.25. The van der Waals surface area contributed by atoms with Crippen molar-refractivity contribution in [1.82, 2.24) is 14.1 Å². The van der Waals surface area contributed by atoms with Gasteiger partial charge >= 0.3 is 6.18 Å². The Morgan fingerprint density at radius 1 is 1.21 bits per heavy atom. The van der Waals surface area contributed by atoms with Crippen LogP contribution >= 0.6 is 0 Å². The summed E-state index contributed by atoms with van der Waals surface area (Å²) < 4.78 is 65.4. The van der Waals surface area contributed by atoms with Gasteiger partial charge in [-0.05, 0) is 35.7 Å². The summed E-state index contributed by atoms with van der Waals surface area (Å²) in [5.74, 6) is -1.87. The van der Waals surface area contributed by atoms with E-state index in [0.29, 0.717) is 6.42 Å². The van der Waals surface area contributed by atoms with Crippen molar-refractivity contribution >= 4 is 27.3 Å². The van der Waals surface area contributed by atoms with Crippen LogP contribution in [0, 0.1) is 0 Å². The Balaban J connectivity index is 2.10. The van der Waals surface area contributed by atoms with Crippen molar-refractivity contribution in [3.05, 3.63) is 63.1 Å². The summed E-state index contributed by atoms with van der Waals surface area (Å²) in [5.41, 5.74) is 9.35. The lowest BCUT2D eigenvalue weighted by Crippen LogP contribution is -2.38. The molecule has 0 spiro atoms. The van der Waals surface area contributed by atoms with Gasteiger partial charge in [0.2, 0.25) is 10.0 Å². The monoisotopic (exact) mass is 485 g/mol. The third-order valence-corrected chi connectivity index (χ3v) is 6.55. The topological polar surface area (TPSA) is 141 Å². The predicted octanol–water partition coefficient (Wildman–Crippen LogP) is 1.60. The number of sulfonamides is 1. The van der Waals surface area contributed by atoms with Gasteiger partial charge in [0.15, 0.2) is 5.69 Å². The molecule has 3 rings (SSSR count). The number of halogens is 3. The van der Waals surface area contributed by atoms with E-state index >= 15 is 0 Å². The zero-order valence-corrected chi connectivity index (χ0v) is 18.6. The Labute approximate surface area is 187 Å². The van der Waals surface area contributed by atoms with Crippen LogP contribution in [0.2, 0.25) is 0 Å². The molecule has 9 nitrogen and oxygen atoms in total. The van der Waals surface area contributed by atoms with Crippen molar-refractivity contribution in [3.8, 4) is 0 Å². The van der Waals surface area contributed by atoms with Crippen molar-refractivity contribution in [3.63, 3.8) is 0 Å². The van der Waals surface area contributed by atoms with E-state index in [-0.39, 0.29) is 41.3 Å². The fourth-order valence-corrected chi connectivity index (χ4v) is 4.41. The SMILES string of the molecule is CC(c1cc(N)cc(C(F)(F)F)c1)c1cc(=O)n(C2=CCCN(S(C)(=O)=O)C2)nc1C(N)=O. The summed E-state index contributed by atoms with van der Waals surface area (Å²) >= 11 is 0. The number of aromatic nitrogens is 2. The summed E-state index contributed by atoms with van der Waals surface area (Å²) in [6, 6.07) is 4.04. The van der Waals surface area contributed by atoms with E-state index in [1.165, 1.54) is 13.0 Å². The van der Waals surface area contributed by atoms with Crippen molar-refractivity contribution in [2.45, 2.75) is 25.4 Å². The van der Waals surface area contributed by atoms with Gasteiger partial charge in [0, 0.05) is 24.2 Å². The Morgan fingerprint density at radius 2 is 1.88 bits per heavy atom. The van der Waals surface area contributed by atoms with Gasteiger partial charge < -0.3 is 11.5 Å². The lowest BCUT2D eigenvalue weighted by Gasteiger charge is -2.25. The second kappa shape index (κ2) is 8.63. The van der Waals surface area contributed by atoms with Crippen LogP contribution in [0.4, 0.5) is 18.9 Å². The first-order chi connectivity index (χ1) is 15.2. The second-order valence-electron chi connectivity index (χ2n) is 7.75. The first-order valence-electron chi connectivity index (χ1n) is 9.74. The molecule has 0 aliphatic carbocycles. The predicted molar refractivity (Wildman–Crippen MR) is 116 cm³/mol. The van der Waals surface area contributed by atoms with Crippen molar-refractivity contribution in [1.29, 1.82) is 0 Å². The van der Waals surface area contributed by atoms with Gasteiger partial charge in [0.25, 0.3) is 11.5 Å². The summed E-state index contributed by atoms with van der Waals surface area (Å²) in [5, 5.41) is 4.04. The Hall–Kier alpha value is -3.19. The number of hydrogen-bond donors (Lipinski definition) is 2. The van der Waals surface area contributed by atoms with E-state index in [9.17, 15) is 31.2 Å². The molecule has 4 N–H and O–H groups in total. The number of primary amides is 1. The molecule has 1 aromatic heterocycles. The zero-order chi connectivity index (χ0) is 24.7. The molecule has 1 amide bonds. The number of anilines is 1. The highest BCUT2D eigenvalue weighted by atomic mass is 32.2. The minimum absolute atomic E-state index is 0.0267. The number of rotatable bonds is 5. The maximum atomic E-state index is 13.2. The molecule has 0 radical (unpaired) electrons. The molecule has 2 heterocycles. The summed E-state index contributed by atoms with van der Waals surface area (Å²) in [7, 11) is -3.53. The van der Waals surface area contributed by atoms with Gasteiger partial charge in [-0.1, -0.05) is 13.0 Å². The minimum atomic E-state index is -4.64. The number of hydrogen-bond acceptors (Lipinski definition) is 6. The van der Waals surface area contributed by atoms with Gasteiger partial charge in [-0.3, -0.25) is 9.59 Å². The lowest BCUT2D eigenvalue weighted by molar-refractivity contribution is -0.137. The number of benzene rings is 1. The van der Waals surface area contributed by atoms with E-state index in [1.807, 2.05) is 0 Å². The molecule has 1 aromatic carbocycles. The van der Waals surface area contributed by atoms with Crippen LogP contribution in [0.15, 0.2) is 35.1 Å². The van der Waals surface area contributed by atoms with E-state index in [2.05, 4.69) is 5.10 Å². The Kier molecular flexibility index (Phi) is 6.40. The molecule has 1 aliphatic rings.